The number of primary amides is 1. The second-order valence-electron chi connectivity index (χ2n) is 3.16. The van der Waals surface area contributed by atoms with E-state index in [9.17, 15) is 14.9 Å². The molecular formula is C10H13N3O4. The maximum atomic E-state index is 10.9. The van der Waals surface area contributed by atoms with Gasteiger partial charge in [0.25, 0.3) is 0 Å². The highest BCUT2D eigenvalue weighted by Gasteiger charge is 2.20. The zero-order valence-corrected chi connectivity index (χ0v) is 9.30. The minimum absolute atomic E-state index is 0.159. The number of hydrogen-bond donors (Lipinski definition) is 2. The predicted octanol–water partition coefficient (Wildman–Crippen LogP) is 0.891. The van der Waals surface area contributed by atoms with Crippen molar-refractivity contribution in [3.8, 4) is 5.75 Å². The van der Waals surface area contributed by atoms with Gasteiger partial charge in [-0.05, 0) is 19.1 Å². The van der Waals surface area contributed by atoms with Crippen LogP contribution in [0, 0.1) is 10.1 Å². The van der Waals surface area contributed by atoms with E-state index in [2.05, 4.69) is 5.32 Å². The summed E-state index contributed by atoms with van der Waals surface area (Å²) in [5.41, 5.74) is 4.97. The SMILES string of the molecule is CCOc1cccc(NCC(N)=O)c1[N+](=O)[O-]. The quantitative estimate of drug-likeness (QED) is 0.566. The van der Waals surface area contributed by atoms with Gasteiger partial charge in [-0.15, -0.1) is 0 Å². The molecule has 3 N–H and O–H groups in total. The highest BCUT2D eigenvalue weighted by molar-refractivity contribution is 5.80. The van der Waals surface area contributed by atoms with Gasteiger partial charge in [0.2, 0.25) is 5.91 Å². The molecule has 0 bridgehead atoms. The first-order chi connectivity index (χ1) is 8.06. The number of rotatable bonds is 6. The Labute approximate surface area is 97.7 Å². The van der Waals surface area contributed by atoms with Crippen molar-refractivity contribution in [2.75, 3.05) is 18.5 Å². The third-order valence-electron chi connectivity index (χ3n) is 1.93. The summed E-state index contributed by atoms with van der Waals surface area (Å²) in [4.78, 5) is 21.0. The highest BCUT2D eigenvalue weighted by Crippen LogP contribution is 2.34. The summed E-state index contributed by atoms with van der Waals surface area (Å²) >= 11 is 0. The second kappa shape index (κ2) is 5.69. The van der Waals surface area contributed by atoms with E-state index >= 15 is 0 Å². The minimum Gasteiger partial charge on any atom is -0.487 e. The standard InChI is InChI=1S/C10H13N3O4/c1-2-17-8-5-3-4-7(10(8)13(15)16)12-6-9(11)14/h3-5,12H,2,6H2,1H3,(H2,11,14). The molecular weight excluding hydrogens is 226 g/mol. The van der Waals surface area contributed by atoms with E-state index < -0.39 is 10.8 Å². The Morgan fingerprint density at radius 1 is 1.59 bits per heavy atom. The molecule has 0 heterocycles. The van der Waals surface area contributed by atoms with E-state index in [0.29, 0.717) is 6.61 Å². The lowest BCUT2D eigenvalue weighted by Gasteiger charge is -2.09. The number of amides is 1. The lowest BCUT2D eigenvalue weighted by molar-refractivity contribution is -0.384. The zero-order valence-electron chi connectivity index (χ0n) is 9.30. The van der Waals surface area contributed by atoms with Crippen molar-refractivity contribution in [2.45, 2.75) is 6.92 Å². The molecule has 0 spiro atoms. The van der Waals surface area contributed by atoms with Gasteiger partial charge in [0.05, 0.1) is 18.1 Å². The van der Waals surface area contributed by atoms with Crippen molar-refractivity contribution in [1.29, 1.82) is 0 Å². The average Bonchev–Trinajstić information content (AvgIpc) is 2.26. The van der Waals surface area contributed by atoms with Crippen LogP contribution in [0.15, 0.2) is 18.2 Å². The Hall–Kier alpha value is -2.31. The molecule has 92 valence electrons. The summed E-state index contributed by atoms with van der Waals surface area (Å²) < 4.78 is 5.15. The molecule has 0 unspecified atom stereocenters. The summed E-state index contributed by atoms with van der Waals surface area (Å²) in [6, 6.07) is 4.59. The van der Waals surface area contributed by atoms with Crippen molar-refractivity contribution >= 4 is 17.3 Å². The molecule has 0 saturated carbocycles. The normalized spacial score (nSPS) is 9.71. The summed E-state index contributed by atoms with van der Waals surface area (Å²) in [5, 5.41) is 13.5. The van der Waals surface area contributed by atoms with E-state index in [4.69, 9.17) is 10.5 Å². The van der Waals surface area contributed by atoms with Gasteiger partial charge in [-0.1, -0.05) is 6.07 Å². The van der Waals surface area contributed by atoms with Gasteiger partial charge < -0.3 is 15.8 Å². The molecule has 7 heteroatoms. The van der Waals surface area contributed by atoms with Crippen LogP contribution in [0.1, 0.15) is 6.92 Å². The van der Waals surface area contributed by atoms with E-state index in [1.165, 1.54) is 12.1 Å². The smallest absolute Gasteiger partial charge is 0.333 e. The van der Waals surface area contributed by atoms with Gasteiger partial charge in [0, 0.05) is 0 Å². The fraction of sp³-hybridized carbons (Fsp3) is 0.300. The molecule has 0 saturated heterocycles. The van der Waals surface area contributed by atoms with E-state index in [-0.39, 0.29) is 23.7 Å². The van der Waals surface area contributed by atoms with Gasteiger partial charge in [-0.25, -0.2) is 0 Å². The first-order valence-electron chi connectivity index (χ1n) is 4.98. The Morgan fingerprint density at radius 2 is 2.29 bits per heavy atom. The first-order valence-corrected chi connectivity index (χ1v) is 4.98. The summed E-state index contributed by atoms with van der Waals surface area (Å²) in [6.07, 6.45) is 0. The van der Waals surface area contributed by atoms with Crippen molar-refractivity contribution < 1.29 is 14.5 Å². The lowest BCUT2D eigenvalue weighted by atomic mass is 10.2. The lowest BCUT2D eigenvalue weighted by Crippen LogP contribution is -2.22. The number of nitro benzene ring substituents is 1. The van der Waals surface area contributed by atoms with E-state index in [1.54, 1.807) is 13.0 Å². The van der Waals surface area contributed by atoms with Gasteiger partial charge in [0.1, 0.15) is 5.69 Å². The van der Waals surface area contributed by atoms with Gasteiger partial charge >= 0.3 is 5.69 Å². The molecule has 0 aliphatic heterocycles. The topological polar surface area (TPSA) is 107 Å². The van der Waals surface area contributed by atoms with Crippen LogP contribution in [0.4, 0.5) is 11.4 Å². The number of carbonyl (C=O) groups excluding carboxylic acids is 1. The number of nitrogens with one attached hydrogen (secondary N) is 1. The van der Waals surface area contributed by atoms with Crippen molar-refractivity contribution in [2.24, 2.45) is 5.73 Å². The van der Waals surface area contributed by atoms with Crippen LogP contribution in [-0.2, 0) is 4.79 Å². The number of carbonyl (C=O) groups is 1. The van der Waals surface area contributed by atoms with Crippen LogP contribution in [0.25, 0.3) is 0 Å². The number of nitrogens with zero attached hydrogens (tertiary/aromatic N) is 1. The molecule has 1 aromatic rings. The fourth-order valence-corrected chi connectivity index (χ4v) is 1.31. The molecule has 1 aromatic carbocycles. The number of ether oxygens (including phenoxy) is 1. The Kier molecular flexibility index (Phi) is 4.27. The average molecular weight is 239 g/mol. The molecule has 17 heavy (non-hydrogen) atoms. The van der Waals surface area contributed by atoms with Crippen LogP contribution >= 0.6 is 0 Å². The molecule has 0 aromatic heterocycles. The molecule has 1 amide bonds. The molecule has 0 fully saturated rings. The summed E-state index contributed by atoms with van der Waals surface area (Å²) in [7, 11) is 0. The third-order valence-corrected chi connectivity index (χ3v) is 1.93. The van der Waals surface area contributed by atoms with Gasteiger partial charge in [0.15, 0.2) is 5.75 Å². The first kappa shape index (κ1) is 12.8. The zero-order chi connectivity index (χ0) is 12.8. The minimum atomic E-state index is -0.596. The van der Waals surface area contributed by atoms with Crippen molar-refractivity contribution in [3.05, 3.63) is 28.3 Å². The predicted molar refractivity (Wildman–Crippen MR) is 61.9 cm³/mol. The van der Waals surface area contributed by atoms with E-state index in [0.717, 1.165) is 0 Å². The highest BCUT2D eigenvalue weighted by atomic mass is 16.6. The number of nitro groups is 1. The Bertz CT molecular complexity index is 434. The van der Waals surface area contributed by atoms with Crippen LogP contribution in [0.2, 0.25) is 0 Å². The van der Waals surface area contributed by atoms with Gasteiger partial charge in [-0.3, -0.25) is 14.9 Å². The number of hydrogen-bond acceptors (Lipinski definition) is 5. The molecule has 7 nitrogen and oxygen atoms in total. The second-order valence-corrected chi connectivity index (χ2v) is 3.16. The Morgan fingerprint density at radius 3 is 2.82 bits per heavy atom. The molecule has 1 rings (SSSR count). The molecule has 0 aliphatic rings. The Balaban J connectivity index is 3.06. The summed E-state index contributed by atoms with van der Waals surface area (Å²) in [5.74, 6) is -0.437. The van der Waals surface area contributed by atoms with Crippen molar-refractivity contribution in [1.82, 2.24) is 0 Å². The van der Waals surface area contributed by atoms with Crippen LogP contribution in [0.3, 0.4) is 0 Å². The monoisotopic (exact) mass is 239 g/mol. The van der Waals surface area contributed by atoms with Crippen molar-refractivity contribution in [3.63, 3.8) is 0 Å². The molecule has 0 atom stereocenters. The van der Waals surface area contributed by atoms with E-state index in [1.807, 2.05) is 0 Å². The largest absolute Gasteiger partial charge is 0.487 e. The third kappa shape index (κ3) is 3.33. The number of anilines is 1. The van der Waals surface area contributed by atoms with Gasteiger partial charge in [-0.2, -0.15) is 0 Å². The van der Waals surface area contributed by atoms with Crippen LogP contribution in [-0.4, -0.2) is 24.0 Å². The maximum absolute atomic E-state index is 10.9. The fourth-order valence-electron chi connectivity index (χ4n) is 1.31. The number of nitrogens with two attached hydrogens (primary N) is 1. The molecule has 0 radical (unpaired) electrons. The summed E-state index contributed by atoms with van der Waals surface area (Å²) in [6.45, 7) is 1.88. The maximum Gasteiger partial charge on any atom is 0.333 e. The number of para-hydroxylation sites is 1. The number of benzene rings is 1. The van der Waals surface area contributed by atoms with Crippen LogP contribution in [0.5, 0.6) is 5.75 Å². The van der Waals surface area contributed by atoms with Crippen LogP contribution < -0.4 is 15.8 Å². The molecule has 0 aliphatic carbocycles.